The number of aliphatic hydroxyl groups is 1. The lowest BCUT2D eigenvalue weighted by Crippen LogP contribution is -2.46. The summed E-state index contributed by atoms with van der Waals surface area (Å²) < 4.78 is 27.1. The van der Waals surface area contributed by atoms with Gasteiger partial charge in [0.05, 0.1) is 28.9 Å². The van der Waals surface area contributed by atoms with Crippen molar-refractivity contribution in [2.24, 2.45) is 0 Å². The molecule has 13 nitrogen and oxygen atoms in total. The number of thiazole rings is 1. The molecule has 4 N–H and O–H groups in total. The van der Waals surface area contributed by atoms with Crippen molar-refractivity contribution >= 4 is 38.5 Å². The number of aromatic nitrogens is 7. The van der Waals surface area contributed by atoms with E-state index in [0.717, 1.165) is 24.0 Å². The lowest BCUT2D eigenvalue weighted by molar-refractivity contribution is 0.0556. The number of aromatic amines is 1. The average Bonchev–Trinajstić information content (AvgIpc) is 3.63. The highest BCUT2D eigenvalue weighted by Gasteiger charge is 2.46. The van der Waals surface area contributed by atoms with Crippen molar-refractivity contribution in [1.82, 2.24) is 39.7 Å². The molecule has 3 atom stereocenters. The van der Waals surface area contributed by atoms with Gasteiger partial charge in [-0.05, 0) is 25.7 Å². The molecule has 2 fully saturated rings. The Hall–Kier alpha value is -3.43. The number of piperidine rings is 1. The molecule has 0 aromatic carbocycles. The highest BCUT2D eigenvalue weighted by atomic mass is 32.2. The zero-order valence-electron chi connectivity index (χ0n) is 19.2. The summed E-state index contributed by atoms with van der Waals surface area (Å²) in [6.45, 7) is -0.183. The normalized spacial score (nSPS) is 21.9. The number of hydrogen-bond donors (Lipinski definition) is 3. The Labute approximate surface area is 209 Å². The average molecular weight is 530 g/mol. The van der Waals surface area contributed by atoms with Gasteiger partial charge in [0.1, 0.15) is 22.0 Å². The Morgan fingerprint density at radius 3 is 2.61 bits per heavy atom. The molecule has 0 spiro atoms. The first-order valence-electron chi connectivity index (χ1n) is 11.4. The first-order chi connectivity index (χ1) is 17.3. The van der Waals surface area contributed by atoms with E-state index in [9.17, 15) is 18.3 Å². The van der Waals surface area contributed by atoms with Crippen molar-refractivity contribution in [3.05, 3.63) is 35.2 Å². The topological polar surface area (TPSA) is 185 Å². The second kappa shape index (κ2) is 8.31. The molecule has 2 aliphatic rings. The van der Waals surface area contributed by atoms with Crippen LogP contribution in [0.15, 0.2) is 23.6 Å². The molecule has 0 saturated carbocycles. The van der Waals surface area contributed by atoms with E-state index in [1.54, 1.807) is 12.4 Å². The number of nitrogen functional groups attached to an aromatic ring is 1. The maximum atomic E-state index is 13.0. The molecule has 2 aliphatic heterocycles. The fraction of sp³-hybridized carbons (Fsp3) is 0.429. The quantitative estimate of drug-likeness (QED) is 0.337. The smallest absolute Gasteiger partial charge is 0.291 e. The maximum absolute atomic E-state index is 13.0. The fourth-order valence-electron chi connectivity index (χ4n) is 5.52. The second-order valence-corrected chi connectivity index (χ2v) is 12.2. The van der Waals surface area contributed by atoms with Crippen molar-refractivity contribution in [3.8, 4) is 10.4 Å². The lowest BCUT2D eigenvalue weighted by atomic mass is 9.87. The van der Waals surface area contributed by atoms with Crippen LogP contribution >= 0.6 is 11.3 Å². The number of aliphatic hydroxyl groups excluding tert-OH is 1. The molecule has 4 aromatic rings. The Morgan fingerprint density at radius 1 is 1.25 bits per heavy atom. The van der Waals surface area contributed by atoms with Crippen LogP contribution in [-0.2, 0) is 16.4 Å². The lowest BCUT2D eigenvalue weighted by Gasteiger charge is -2.38. The monoisotopic (exact) mass is 529 g/mol. The number of sulfone groups is 1. The number of H-pyrrole nitrogens is 1. The number of amides is 1. The predicted octanol–water partition coefficient (Wildman–Crippen LogP) is 1.000. The van der Waals surface area contributed by atoms with Crippen molar-refractivity contribution in [1.29, 1.82) is 0 Å². The van der Waals surface area contributed by atoms with E-state index in [2.05, 4.69) is 25.3 Å². The second-order valence-electron chi connectivity index (χ2n) is 9.15. The van der Waals surface area contributed by atoms with E-state index < -0.39 is 9.84 Å². The largest absolute Gasteiger partial charge is 0.389 e. The summed E-state index contributed by atoms with van der Waals surface area (Å²) in [5, 5.41) is 20.7. The van der Waals surface area contributed by atoms with Crippen LogP contribution in [0.5, 0.6) is 0 Å². The third kappa shape index (κ3) is 3.57. The Balaban J connectivity index is 1.44. The first kappa shape index (κ1) is 23.0. The molecule has 2 saturated heterocycles. The predicted molar refractivity (Wildman–Crippen MR) is 129 cm³/mol. The zero-order valence-corrected chi connectivity index (χ0v) is 20.8. The molecule has 1 amide bonds. The molecule has 0 radical (unpaired) electrons. The van der Waals surface area contributed by atoms with Crippen molar-refractivity contribution in [2.75, 3.05) is 12.0 Å². The van der Waals surface area contributed by atoms with E-state index >= 15 is 0 Å². The molecule has 36 heavy (non-hydrogen) atoms. The number of rotatable bonds is 5. The van der Waals surface area contributed by atoms with Crippen molar-refractivity contribution in [3.63, 3.8) is 0 Å². The van der Waals surface area contributed by atoms with Crippen LogP contribution in [0.25, 0.3) is 16.1 Å². The van der Waals surface area contributed by atoms with Gasteiger partial charge in [0.15, 0.2) is 15.5 Å². The van der Waals surface area contributed by atoms with E-state index in [4.69, 9.17) is 10.7 Å². The molecule has 1 unspecified atom stereocenters. The minimum Gasteiger partial charge on any atom is -0.389 e. The number of nitrogens with one attached hydrogen (secondary N) is 1. The van der Waals surface area contributed by atoms with E-state index in [-0.39, 0.29) is 47.1 Å². The van der Waals surface area contributed by atoms with Gasteiger partial charge in [-0.1, -0.05) is 0 Å². The van der Waals surface area contributed by atoms with Gasteiger partial charge in [-0.15, -0.1) is 11.3 Å². The highest BCUT2D eigenvalue weighted by Crippen LogP contribution is 2.45. The molecule has 6 heterocycles. The SMILES string of the molecule is CS(=O)(=O)c1c(C2C[C@H]3CC[C@@H](C2)N3C(=O)c2ncn[nH]2)nc2c(-c3cnc(CO)s3)cnn2c1N. The maximum Gasteiger partial charge on any atom is 0.291 e. The van der Waals surface area contributed by atoms with Gasteiger partial charge in [-0.3, -0.25) is 9.89 Å². The van der Waals surface area contributed by atoms with Crippen LogP contribution in [0.1, 0.15) is 52.9 Å². The molecule has 6 rings (SSSR count). The Morgan fingerprint density at radius 2 is 2.00 bits per heavy atom. The van der Waals surface area contributed by atoms with Gasteiger partial charge in [0.2, 0.25) is 5.82 Å². The summed E-state index contributed by atoms with van der Waals surface area (Å²) in [7, 11) is -3.73. The van der Waals surface area contributed by atoms with Crippen LogP contribution in [0.3, 0.4) is 0 Å². The first-order valence-corrected chi connectivity index (χ1v) is 14.1. The van der Waals surface area contributed by atoms with Crippen molar-refractivity contribution < 1.29 is 18.3 Å². The van der Waals surface area contributed by atoms with Crippen LogP contribution in [0.4, 0.5) is 5.82 Å². The standard InChI is InChI=1S/C21H23N9O4S2/c1-36(33,34)17-16(10-4-11-2-3-12(5-10)29(11)21(32)19-24-9-25-28-19)27-20-13(6-26-30(20)18(17)22)14-7-23-15(8-31)35-14/h6-7,9-12,31H,2-5,8,22H2,1H3,(H,24,25,28)/t10?,11-,12+. The van der Waals surface area contributed by atoms with Crippen LogP contribution < -0.4 is 5.73 Å². The number of fused-ring (bicyclic) bond motifs is 3. The summed E-state index contributed by atoms with van der Waals surface area (Å²) in [5.74, 6) is -0.215. The van der Waals surface area contributed by atoms with Gasteiger partial charge in [-0.25, -0.2) is 23.4 Å². The number of hydrogen-bond acceptors (Lipinski definition) is 11. The number of carbonyl (C=O) groups is 1. The summed E-state index contributed by atoms with van der Waals surface area (Å²) in [4.78, 5) is 28.6. The third-order valence-electron chi connectivity index (χ3n) is 6.96. The minimum absolute atomic E-state index is 0.00293. The van der Waals surface area contributed by atoms with E-state index in [1.807, 2.05) is 4.90 Å². The summed E-state index contributed by atoms with van der Waals surface area (Å²) in [6.07, 6.45) is 8.37. The minimum atomic E-state index is -3.73. The van der Waals surface area contributed by atoms with Crippen LogP contribution in [-0.4, -0.2) is 77.4 Å². The van der Waals surface area contributed by atoms with E-state index in [1.165, 1.54) is 22.2 Å². The highest BCUT2D eigenvalue weighted by molar-refractivity contribution is 7.91. The zero-order chi connectivity index (χ0) is 25.2. The molecule has 0 aliphatic carbocycles. The molecule has 15 heteroatoms. The Kier molecular flexibility index (Phi) is 5.31. The van der Waals surface area contributed by atoms with Gasteiger partial charge in [0.25, 0.3) is 5.91 Å². The number of anilines is 1. The molecule has 188 valence electrons. The van der Waals surface area contributed by atoms with Gasteiger partial charge >= 0.3 is 0 Å². The van der Waals surface area contributed by atoms with Crippen LogP contribution in [0, 0.1) is 0 Å². The van der Waals surface area contributed by atoms with E-state index in [0.29, 0.717) is 34.8 Å². The van der Waals surface area contributed by atoms with Crippen molar-refractivity contribution in [2.45, 2.75) is 55.2 Å². The third-order valence-corrected chi connectivity index (χ3v) is 9.14. The number of nitrogens with zero attached hydrogens (tertiary/aromatic N) is 7. The Bertz CT molecular complexity index is 1560. The summed E-state index contributed by atoms with van der Waals surface area (Å²) in [6, 6.07) is -0.146. The number of nitrogens with two attached hydrogens (primary N) is 1. The van der Waals surface area contributed by atoms with Gasteiger partial charge in [0, 0.05) is 30.5 Å². The molecular formula is C21H23N9O4S2. The van der Waals surface area contributed by atoms with Gasteiger partial charge < -0.3 is 15.7 Å². The fourth-order valence-corrected chi connectivity index (χ4v) is 7.36. The van der Waals surface area contributed by atoms with Crippen LogP contribution in [0.2, 0.25) is 0 Å². The molecule has 4 aromatic heterocycles. The molecule has 2 bridgehead atoms. The van der Waals surface area contributed by atoms with Gasteiger partial charge in [-0.2, -0.15) is 14.7 Å². The number of carbonyl (C=O) groups excluding carboxylic acids is 1. The summed E-state index contributed by atoms with van der Waals surface area (Å²) >= 11 is 1.30. The summed E-state index contributed by atoms with van der Waals surface area (Å²) in [5.41, 5.74) is 7.89. The molecular weight excluding hydrogens is 506 g/mol.